The molecule has 0 aliphatic heterocycles. The van der Waals surface area contributed by atoms with E-state index in [0.717, 1.165) is 19.5 Å². The topological polar surface area (TPSA) is 96.6 Å². The van der Waals surface area contributed by atoms with Crippen LogP contribution in [0, 0.1) is 5.41 Å². The fraction of sp³-hybridized carbons (Fsp3) is 0.917. The van der Waals surface area contributed by atoms with Crippen LogP contribution in [0.5, 0.6) is 0 Å². The van der Waals surface area contributed by atoms with E-state index in [1.165, 1.54) is 19.3 Å². The van der Waals surface area contributed by atoms with Crippen LogP contribution in [0.25, 0.3) is 0 Å². The molecule has 1 rings (SSSR count). The number of nitrogens with one attached hydrogen (secondary N) is 2. The molecule has 0 heterocycles. The molecule has 1 saturated carbocycles. The van der Waals surface area contributed by atoms with Gasteiger partial charge in [0.25, 0.3) is 0 Å². The van der Waals surface area contributed by atoms with Crippen LogP contribution in [0.4, 0.5) is 0 Å². The summed E-state index contributed by atoms with van der Waals surface area (Å²) < 4.78 is 21.7. The fourth-order valence-corrected chi connectivity index (χ4v) is 2.59. The van der Waals surface area contributed by atoms with Gasteiger partial charge in [-0.2, -0.15) is 0 Å². The summed E-state index contributed by atoms with van der Waals surface area (Å²) >= 11 is 0. The van der Waals surface area contributed by atoms with Crippen LogP contribution in [0.3, 0.4) is 0 Å². The molecule has 0 radical (unpaired) electrons. The number of hydrogen-bond donors (Lipinski definition) is 3. The van der Waals surface area contributed by atoms with Gasteiger partial charge in [-0.15, -0.1) is 0 Å². The monoisotopic (exact) mass is 290 g/mol. The maximum Gasteiger partial charge on any atom is 0.210 e. The molecule has 0 amide bonds. The first-order valence-electron chi connectivity index (χ1n) is 6.93. The molecule has 0 spiro atoms. The van der Waals surface area contributed by atoms with Gasteiger partial charge in [0.05, 0.1) is 5.75 Å². The summed E-state index contributed by atoms with van der Waals surface area (Å²) in [7, 11) is -3.42. The van der Waals surface area contributed by atoms with Crippen molar-refractivity contribution in [3.63, 3.8) is 0 Å². The average Bonchev–Trinajstić information content (AvgIpc) is 2.26. The van der Waals surface area contributed by atoms with Gasteiger partial charge in [-0.05, 0) is 31.6 Å². The third-order valence-corrected chi connectivity index (χ3v) is 4.53. The predicted octanol–water partition coefficient (Wildman–Crippen LogP) is 0.410. The Balaban J connectivity index is 2.46. The summed E-state index contributed by atoms with van der Waals surface area (Å²) in [5.41, 5.74) is 0.363. The lowest BCUT2D eigenvalue weighted by Crippen LogP contribution is -2.42. The zero-order valence-corrected chi connectivity index (χ0v) is 12.7. The number of nitrogens with zero attached hydrogens (tertiary/aromatic N) is 1. The van der Waals surface area contributed by atoms with Gasteiger partial charge in [-0.25, -0.2) is 13.6 Å². The predicted molar refractivity (Wildman–Crippen MR) is 78.5 cm³/mol. The maximum atomic E-state index is 10.9. The Morgan fingerprint density at radius 1 is 1.32 bits per heavy atom. The van der Waals surface area contributed by atoms with Crippen molar-refractivity contribution < 1.29 is 8.42 Å². The standard InChI is InChI=1S/C12H26N4O2S/c1-3-12(6-5-7-12)10-16-11(14-4-2)15-8-9-19(13,17)18/h3-10H2,1-2H3,(H2,13,17,18)(H2,14,15,16). The molecular weight excluding hydrogens is 264 g/mol. The highest BCUT2D eigenvalue weighted by atomic mass is 32.2. The lowest BCUT2D eigenvalue weighted by atomic mass is 9.67. The Morgan fingerprint density at radius 3 is 2.42 bits per heavy atom. The highest BCUT2D eigenvalue weighted by Crippen LogP contribution is 2.43. The zero-order chi connectivity index (χ0) is 14.4. The molecule has 6 nitrogen and oxygen atoms in total. The molecule has 1 aliphatic carbocycles. The molecule has 112 valence electrons. The second-order valence-electron chi connectivity index (χ2n) is 5.20. The van der Waals surface area contributed by atoms with Crippen LogP contribution in [-0.2, 0) is 10.0 Å². The molecule has 1 fully saturated rings. The van der Waals surface area contributed by atoms with Crippen LogP contribution >= 0.6 is 0 Å². The van der Waals surface area contributed by atoms with Gasteiger partial charge in [0.15, 0.2) is 5.96 Å². The van der Waals surface area contributed by atoms with Gasteiger partial charge in [-0.1, -0.05) is 13.3 Å². The number of primary sulfonamides is 1. The third-order valence-electron chi connectivity index (χ3n) is 3.76. The van der Waals surface area contributed by atoms with E-state index in [2.05, 4.69) is 22.5 Å². The summed E-state index contributed by atoms with van der Waals surface area (Å²) in [5.74, 6) is 0.585. The van der Waals surface area contributed by atoms with Crippen molar-refractivity contribution in [2.24, 2.45) is 15.5 Å². The Bertz CT molecular complexity index is 396. The van der Waals surface area contributed by atoms with Crippen molar-refractivity contribution in [1.29, 1.82) is 0 Å². The SMILES string of the molecule is CCNC(=NCC1(CC)CCC1)NCCS(N)(=O)=O. The van der Waals surface area contributed by atoms with Crippen LogP contribution < -0.4 is 15.8 Å². The van der Waals surface area contributed by atoms with Gasteiger partial charge < -0.3 is 10.6 Å². The quantitative estimate of drug-likeness (QED) is 0.467. The molecule has 4 N–H and O–H groups in total. The lowest BCUT2D eigenvalue weighted by Gasteiger charge is -2.40. The van der Waals surface area contributed by atoms with Gasteiger partial charge in [0.2, 0.25) is 10.0 Å². The minimum Gasteiger partial charge on any atom is -0.357 e. The smallest absolute Gasteiger partial charge is 0.210 e. The first kappa shape index (κ1) is 16.2. The summed E-state index contributed by atoms with van der Waals surface area (Å²) in [6.07, 6.45) is 4.92. The van der Waals surface area contributed by atoms with Gasteiger partial charge in [0, 0.05) is 19.6 Å². The molecule has 0 atom stereocenters. The fourth-order valence-electron chi connectivity index (χ4n) is 2.20. The summed E-state index contributed by atoms with van der Waals surface area (Å²) in [5, 5.41) is 11.1. The van der Waals surface area contributed by atoms with Crippen LogP contribution in [0.1, 0.15) is 39.5 Å². The van der Waals surface area contributed by atoms with Crippen molar-refractivity contribution in [2.45, 2.75) is 39.5 Å². The molecule has 19 heavy (non-hydrogen) atoms. The Kier molecular flexibility index (Phi) is 6.06. The number of hydrogen-bond acceptors (Lipinski definition) is 3. The van der Waals surface area contributed by atoms with E-state index < -0.39 is 10.0 Å². The molecule has 0 unspecified atom stereocenters. The molecule has 0 bridgehead atoms. The number of nitrogens with two attached hydrogens (primary N) is 1. The molecule has 7 heteroatoms. The Morgan fingerprint density at radius 2 is 2.00 bits per heavy atom. The molecule has 0 saturated heterocycles. The average molecular weight is 290 g/mol. The van der Waals surface area contributed by atoms with Gasteiger partial charge in [-0.3, -0.25) is 4.99 Å². The zero-order valence-electron chi connectivity index (χ0n) is 11.9. The van der Waals surface area contributed by atoms with Crippen molar-refractivity contribution in [3.8, 4) is 0 Å². The molecule has 0 aromatic carbocycles. The van der Waals surface area contributed by atoms with Gasteiger partial charge >= 0.3 is 0 Å². The van der Waals surface area contributed by atoms with E-state index in [1.807, 2.05) is 6.92 Å². The second kappa shape index (κ2) is 7.09. The minimum absolute atomic E-state index is 0.0870. The highest BCUT2D eigenvalue weighted by Gasteiger charge is 2.34. The number of rotatable bonds is 7. The third kappa shape index (κ3) is 5.78. The Hall–Kier alpha value is -0.820. The largest absolute Gasteiger partial charge is 0.357 e. The van der Waals surface area contributed by atoms with E-state index in [-0.39, 0.29) is 12.3 Å². The van der Waals surface area contributed by atoms with Crippen molar-refractivity contribution in [2.75, 3.05) is 25.4 Å². The summed E-state index contributed by atoms with van der Waals surface area (Å²) in [4.78, 5) is 4.56. The first-order chi connectivity index (χ1) is 8.91. The molecule has 0 aromatic heterocycles. The highest BCUT2D eigenvalue weighted by molar-refractivity contribution is 7.89. The van der Waals surface area contributed by atoms with Crippen molar-refractivity contribution in [1.82, 2.24) is 10.6 Å². The van der Waals surface area contributed by atoms with Crippen LogP contribution in [0.15, 0.2) is 4.99 Å². The van der Waals surface area contributed by atoms with E-state index in [1.54, 1.807) is 0 Å². The molecular formula is C12H26N4O2S. The minimum atomic E-state index is -3.42. The summed E-state index contributed by atoms with van der Waals surface area (Å²) in [6, 6.07) is 0. The first-order valence-corrected chi connectivity index (χ1v) is 8.65. The Labute approximate surface area is 116 Å². The lowest BCUT2D eigenvalue weighted by molar-refractivity contribution is 0.139. The number of sulfonamides is 1. The number of aliphatic imine (C=N–C) groups is 1. The van der Waals surface area contributed by atoms with Crippen molar-refractivity contribution in [3.05, 3.63) is 0 Å². The molecule has 1 aliphatic rings. The molecule has 0 aromatic rings. The summed E-state index contributed by atoms with van der Waals surface area (Å²) in [6.45, 7) is 6.02. The van der Waals surface area contributed by atoms with E-state index in [9.17, 15) is 8.42 Å². The van der Waals surface area contributed by atoms with Crippen molar-refractivity contribution >= 4 is 16.0 Å². The normalized spacial score (nSPS) is 18.8. The van der Waals surface area contributed by atoms with E-state index in [0.29, 0.717) is 11.4 Å². The van der Waals surface area contributed by atoms with Crippen LogP contribution in [-0.4, -0.2) is 39.8 Å². The van der Waals surface area contributed by atoms with Crippen LogP contribution in [0.2, 0.25) is 0 Å². The van der Waals surface area contributed by atoms with E-state index >= 15 is 0 Å². The second-order valence-corrected chi connectivity index (χ2v) is 6.93. The van der Waals surface area contributed by atoms with E-state index in [4.69, 9.17) is 5.14 Å². The number of guanidine groups is 1. The maximum absolute atomic E-state index is 10.9. The van der Waals surface area contributed by atoms with Gasteiger partial charge in [0.1, 0.15) is 0 Å².